The van der Waals surface area contributed by atoms with Gasteiger partial charge in [-0.15, -0.1) is 22.7 Å². The topological polar surface area (TPSA) is 58.6 Å². The Morgan fingerprint density at radius 3 is 2.88 bits per heavy atom. The molecule has 140 valence electrons. The first-order chi connectivity index (χ1) is 12.4. The zero-order valence-corrected chi connectivity index (χ0v) is 17.2. The smallest absolute Gasteiger partial charge is 0.341 e. The van der Waals surface area contributed by atoms with E-state index in [-0.39, 0.29) is 17.9 Å². The molecule has 0 spiro atoms. The normalized spacial score (nSPS) is 17.0. The number of aryl methyl sites for hydroxylation is 1. The summed E-state index contributed by atoms with van der Waals surface area (Å²) in [7, 11) is 0. The molecule has 7 heteroatoms. The van der Waals surface area contributed by atoms with Gasteiger partial charge in [0.15, 0.2) is 0 Å². The summed E-state index contributed by atoms with van der Waals surface area (Å²) in [6.45, 7) is 9.25. The minimum Gasteiger partial charge on any atom is -0.462 e. The Morgan fingerprint density at radius 2 is 2.15 bits per heavy atom. The van der Waals surface area contributed by atoms with Crippen LogP contribution in [-0.4, -0.2) is 36.5 Å². The van der Waals surface area contributed by atoms with Gasteiger partial charge in [-0.2, -0.15) is 0 Å². The largest absolute Gasteiger partial charge is 0.462 e. The van der Waals surface area contributed by atoms with E-state index in [1.54, 1.807) is 18.3 Å². The van der Waals surface area contributed by atoms with Crippen molar-refractivity contribution in [3.63, 3.8) is 0 Å². The Bertz CT molecular complexity index is 825. The highest BCUT2D eigenvalue weighted by molar-refractivity contribution is 7.16. The standard InChI is InChI=1S/C19H24N2O3S2/c1-5-24-19(23)17-11(2)13(4)26-18(17)20-16(22)10-21-8-6-15-14(12(21)3)7-9-25-15/h7,9,12H,5-6,8,10H2,1-4H3,(H,20,22)/t12-/m1/s1. The van der Waals surface area contributed by atoms with Crippen molar-refractivity contribution in [2.75, 3.05) is 25.0 Å². The second-order valence-electron chi connectivity index (χ2n) is 6.45. The number of rotatable bonds is 5. The van der Waals surface area contributed by atoms with Crippen LogP contribution in [0.2, 0.25) is 0 Å². The van der Waals surface area contributed by atoms with Crippen molar-refractivity contribution < 1.29 is 14.3 Å². The molecule has 0 saturated heterocycles. The van der Waals surface area contributed by atoms with E-state index < -0.39 is 0 Å². The van der Waals surface area contributed by atoms with Crippen molar-refractivity contribution in [3.05, 3.63) is 37.9 Å². The minimum absolute atomic E-state index is 0.0951. The van der Waals surface area contributed by atoms with Gasteiger partial charge in [-0.05, 0) is 56.7 Å². The average Bonchev–Trinajstić information content (AvgIpc) is 3.16. The maximum atomic E-state index is 12.6. The second-order valence-corrected chi connectivity index (χ2v) is 8.68. The molecule has 3 rings (SSSR count). The van der Waals surface area contributed by atoms with E-state index >= 15 is 0 Å². The highest BCUT2D eigenvalue weighted by Crippen LogP contribution is 2.34. The number of thiophene rings is 2. The molecule has 26 heavy (non-hydrogen) atoms. The van der Waals surface area contributed by atoms with E-state index in [2.05, 4.69) is 28.6 Å². The van der Waals surface area contributed by atoms with Gasteiger partial charge >= 0.3 is 5.97 Å². The van der Waals surface area contributed by atoms with Crippen molar-refractivity contribution in [3.8, 4) is 0 Å². The predicted molar refractivity (Wildman–Crippen MR) is 106 cm³/mol. The molecular weight excluding hydrogens is 368 g/mol. The van der Waals surface area contributed by atoms with Gasteiger partial charge < -0.3 is 10.1 Å². The van der Waals surface area contributed by atoms with Gasteiger partial charge in [-0.25, -0.2) is 4.79 Å². The van der Waals surface area contributed by atoms with Crippen LogP contribution in [0, 0.1) is 13.8 Å². The van der Waals surface area contributed by atoms with Crippen molar-refractivity contribution in [2.45, 2.75) is 40.2 Å². The van der Waals surface area contributed by atoms with Gasteiger partial charge in [0.05, 0.1) is 18.7 Å². The summed E-state index contributed by atoms with van der Waals surface area (Å²) in [5.74, 6) is -0.471. The summed E-state index contributed by atoms with van der Waals surface area (Å²) in [5.41, 5.74) is 2.68. The molecule has 0 aromatic carbocycles. The maximum absolute atomic E-state index is 12.6. The number of nitrogens with zero attached hydrogens (tertiary/aromatic N) is 1. The first kappa shape index (κ1) is 19.1. The predicted octanol–water partition coefficient (Wildman–Crippen LogP) is 4.16. The molecule has 3 heterocycles. The minimum atomic E-state index is -0.376. The Labute approximate surface area is 162 Å². The van der Waals surface area contributed by atoms with Gasteiger partial charge in [-0.1, -0.05) is 0 Å². The lowest BCUT2D eigenvalue weighted by atomic mass is 10.0. The van der Waals surface area contributed by atoms with Gasteiger partial charge in [0.2, 0.25) is 5.91 Å². The molecule has 0 radical (unpaired) electrons. The fourth-order valence-corrected chi connectivity index (χ4v) is 5.32. The molecule has 2 aromatic heterocycles. The van der Waals surface area contributed by atoms with E-state index in [0.717, 1.165) is 23.4 Å². The molecule has 0 fully saturated rings. The third kappa shape index (κ3) is 3.70. The summed E-state index contributed by atoms with van der Waals surface area (Å²) in [6.07, 6.45) is 0.982. The van der Waals surface area contributed by atoms with Crippen LogP contribution in [0.4, 0.5) is 5.00 Å². The third-order valence-electron chi connectivity index (χ3n) is 4.87. The molecule has 2 aromatic rings. The van der Waals surface area contributed by atoms with Crippen LogP contribution >= 0.6 is 22.7 Å². The van der Waals surface area contributed by atoms with Crippen LogP contribution < -0.4 is 5.32 Å². The van der Waals surface area contributed by atoms with Gasteiger partial charge in [0.25, 0.3) is 0 Å². The zero-order chi connectivity index (χ0) is 18.8. The number of carbonyl (C=O) groups excluding carboxylic acids is 2. The van der Waals surface area contributed by atoms with E-state index in [0.29, 0.717) is 23.7 Å². The second kappa shape index (κ2) is 7.90. The molecule has 1 atom stereocenters. The zero-order valence-electron chi connectivity index (χ0n) is 15.5. The summed E-state index contributed by atoms with van der Waals surface area (Å²) < 4.78 is 5.15. The molecule has 5 nitrogen and oxygen atoms in total. The maximum Gasteiger partial charge on any atom is 0.341 e. The molecule has 0 saturated carbocycles. The molecule has 0 bridgehead atoms. The molecule has 1 amide bonds. The number of ether oxygens (including phenoxy) is 1. The number of carbonyl (C=O) groups is 2. The quantitative estimate of drug-likeness (QED) is 0.776. The Morgan fingerprint density at radius 1 is 1.38 bits per heavy atom. The van der Waals surface area contributed by atoms with Crippen molar-refractivity contribution >= 4 is 39.6 Å². The number of hydrogen-bond acceptors (Lipinski definition) is 6. The Hall–Kier alpha value is -1.70. The molecule has 1 N–H and O–H groups in total. The molecule has 0 unspecified atom stereocenters. The van der Waals surface area contributed by atoms with Gasteiger partial charge in [0, 0.05) is 22.3 Å². The lowest BCUT2D eigenvalue weighted by Gasteiger charge is -2.32. The lowest BCUT2D eigenvalue weighted by molar-refractivity contribution is -0.117. The number of fused-ring (bicyclic) bond motifs is 1. The van der Waals surface area contributed by atoms with Crippen LogP contribution in [0.15, 0.2) is 11.4 Å². The summed E-state index contributed by atoms with van der Waals surface area (Å²) in [5, 5.41) is 5.64. The number of hydrogen-bond donors (Lipinski definition) is 1. The van der Waals surface area contributed by atoms with E-state index in [4.69, 9.17) is 4.74 Å². The average molecular weight is 393 g/mol. The van der Waals surface area contributed by atoms with E-state index in [9.17, 15) is 9.59 Å². The third-order valence-corrected chi connectivity index (χ3v) is 6.99. The first-order valence-electron chi connectivity index (χ1n) is 8.79. The summed E-state index contributed by atoms with van der Waals surface area (Å²) >= 11 is 3.22. The number of nitrogens with one attached hydrogen (secondary N) is 1. The molecule has 0 aliphatic carbocycles. The number of amides is 1. The van der Waals surface area contributed by atoms with E-state index in [1.807, 2.05) is 13.8 Å². The first-order valence-corrected chi connectivity index (χ1v) is 10.5. The van der Waals surface area contributed by atoms with Crippen molar-refractivity contribution in [2.24, 2.45) is 0 Å². The summed E-state index contributed by atoms with van der Waals surface area (Å²) in [6, 6.07) is 2.38. The molecule has 1 aliphatic heterocycles. The fraction of sp³-hybridized carbons (Fsp3) is 0.474. The van der Waals surface area contributed by atoms with Crippen LogP contribution in [0.1, 0.15) is 51.1 Å². The molecule has 1 aliphatic rings. The summed E-state index contributed by atoms with van der Waals surface area (Å²) in [4.78, 5) is 29.5. The van der Waals surface area contributed by atoms with Gasteiger partial charge in [-0.3, -0.25) is 9.69 Å². The SMILES string of the molecule is CCOC(=O)c1c(NC(=O)CN2CCc3sccc3[C@H]2C)sc(C)c1C. The van der Waals surface area contributed by atoms with Crippen molar-refractivity contribution in [1.29, 1.82) is 0 Å². The number of esters is 1. The Balaban J connectivity index is 1.71. The van der Waals surface area contributed by atoms with E-state index in [1.165, 1.54) is 21.8 Å². The Kier molecular flexibility index (Phi) is 5.79. The van der Waals surface area contributed by atoms with Crippen LogP contribution in [-0.2, 0) is 16.0 Å². The van der Waals surface area contributed by atoms with Crippen LogP contribution in [0.3, 0.4) is 0 Å². The monoisotopic (exact) mass is 392 g/mol. The highest BCUT2D eigenvalue weighted by Gasteiger charge is 2.27. The van der Waals surface area contributed by atoms with Crippen LogP contribution in [0.5, 0.6) is 0 Å². The fourth-order valence-electron chi connectivity index (χ4n) is 3.29. The van der Waals surface area contributed by atoms with Crippen LogP contribution in [0.25, 0.3) is 0 Å². The van der Waals surface area contributed by atoms with Crippen molar-refractivity contribution in [1.82, 2.24) is 4.90 Å². The number of anilines is 1. The molecular formula is C19H24N2O3S2. The highest BCUT2D eigenvalue weighted by atomic mass is 32.1. The van der Waals surface area contributed by atoms with Gasteiger partial charge in [0.1, 0.15) is 5.00 Å². The lowest BCUT2D eigenvalue weighted by Crippen LogP contribution is -2.39.